The van der Waals surface area contributed by atoms with E-state index in [0.29, 0.717) is 5.56 Å². The van der Waals surface area contributed by atoms with Crippen molar-refractivity contribution < 1.29 is 24.6 Å². The molecule has 1 aromatic carbocycles. The van der Waals surface area contributed by atoms with Crippen molar-refractivity contribution in [3.05, 3.63) is 47.2 Å². The molecule has 6 nitrogen and oxygen atoms in total. The summed E-state index contributed by atoms with van der Waals surface area (Å²) in [5.41, 5.74) is 0.507. The van der Waals surface area contributed by atoms with Crippen molar-refractivity contribution in [2.75, 3.05) is 0 Å². The average Bonchev–Trinajstić information content (AvgIpc) is 2.71. The van der Waals surface area contributed by atoms with Gasteiger partial charge in [0.05, 0.1) is 11.6 Å². The zero-order valence-electron chi connectivity index (χ0n) is 11.6. The highest BCUT2D eigenvalue weighted by molar-refractivity contribution is 6.09. The molecule has 0 aliphatic carbocycles. The fourth-order valence-corrected chi connectivity index (χ4v) is 2.46. The van der Waals surface area contributed by atoms with Gasteiger partial charge in [0.15, 0.2) is 11.5 Å². The van der Waals surface area contributed by atoms with Crippen molar-refractivity contribution >= 4 is 17.7 Å². The molecule has 1 aromatic rings. The van der Waals surface area contributed by atoms with Crippen molar-refractivity contribution in [3.8, 4) is 0 Å². The van der Waals surface area contributed by atoms with Crippen LogP contribution in [-0.2, 0) is 14.4 Å². The third-order valence-electron chi connectivity index (χ3n) is 3.51. The van der Waals surface area contributed by atoms with Crippen LogP contribution in [0.1, 0.15) is 25.5 Å². The van der Waals surface area contributed by atoms with Crippen molar-refractivity contribution in [1.82, 2.24) is 4.90 Å². The summed E-state index contributed by atoms with van der Waals surface area (Å²) in [7, 11) is 0. The number of benzene rings is 1. The standard InChI is InChI=1S/C15H15NO5/c1-8(15(20)21)16-12(10-6-4-3-5-7-10)11(9(2)17)13(18)14(16)19/h3-8,12,18H,1-2H3,(H,20,21)/t8-,12+/m0/s1. The lowest BCUT2D eigenvalue weighted by molar-refractivity contribution is -0.149. The van der Waals surface area contributed by atoms with Gasteiger partial charge in [0.25, 0.3) is 5.91 Å². The van der Waals surface area contributed by atoms with E-state index in [2.05, 4.69) is 0 Å². The van der Waals surface area contributed by atoms with E-state index in [4.69, 9.17) is 5.11 Å². The van der Waals surface area contributed by atoms with E-state index < -0.39 is 35.5 Å². The molecule has 110 valence electrons. The first-order chi connectivity index (χ1) is 9.86. The van der Waals surface area contributed by atoms with E-state index in [1.54, 1.807) is 30.3 Å². The minimum absolute atomic E-state index is 0.0701. The number of aliphatic hydroxyl groups excluding tert-OH is 1. The first-order valence-corrected chi connectivity index (χ1v) is 6.40. The number of hydrogen-bond acceptors (Lipinski definition) is 4. The summed E-state index contributed by atoms with van der Waals surface area (Å²) in [6.07, 6.45) is 0. The molecular formula is C15H15NO5. The maximum atomic E-state index is 12.2. The number of aliphatic hydroxyl groups is 1. The average molecular weight is 289 g/mol. The van der Waals surface area contributed by atoms with Crippen LogP contribution in [0.15, 0.2) is 41.7 Å². The molecule has 0 unspecified atom stereocenters. The summed E-state index contributed by atoms with van der Waals surface area (Å²) in [6, 6.07) is 6.52. The molecule has 0 radical (unpaired) electrons. The topological polar surface area (TPSA) is 94.9 Å². The Labute approximate surface area is 121 Å². The molecule has 0 spiro atoms. The number of carbonyl (C=O) groups is 3. The number of nitrogens with zero attached hydrogens (tertiary/aromatic N) is 1. The minimum Gasteiger partial charge on any atom is -0.503 e. The van der Waals surface area contributed by atoms with Crippen LogP contribution in [0.4, 0.5) is 0 Å². The normalized spacial score (nSPS) is 19.8. The Bertz CT molecular complexity index is 635. The van der Waals surface area contributed by atoms with E-state index in [9.17, 15) is 19.5 Å². The zero-order chi connectivity index (χ0) is 15.7. The van der Waals surface area contributed by atoms with Gasteiger partial charge in [-0.25, -0.2) is 4.79 Å². The fourth-order valence-electron chi connectivity index (χ4n) is 2.46. The Hall–Kier alpha value is -2.63. The third-order valence-corrected chi connectivity index (χ3v) is 3.51. The summed E-state index contributed by atoms with van der Waals surface area (Å²) < 4.78 is 0. The summed E-state index contributed by atoms with van der Waals surface area (Å²) in [4.78, 5) is 36.2. The summed E-state index contributed by atoms with van der Waals surface area (Å²) >= 11 is 0. The molecule has 0 aromatic heterocycles. The van der Waals surface area contributed by atoms with Gasteiger partial charge < -0.3 is 15.1 Å². The Kier molecular flexibility index (Phi) is 3.80. The van der Waals surface area contributed by atoms with Gasteiger partial charge in [-0.2, -0.15) is 0 Å². The van der Waals surface area contributed by atoms with Crippen LogP contribution >= 0.6 is 0 Å². The number of hydrogen-bond donors (Lipinski definition) is 2. The predicted molar refractivity (Wildman–Crippen MR) is 73.5 cm³/mol. The van der Waals surface area contributed by atoms with E-state index in [1.807, 2.05) is 0 Å². The molecule has 21 heavy (non-hydrogen) atoms. The molecule has 1 aliphatic heterocycles. The maximum Gasteiger partial charge on any atom is 0.326 e. The lowest BCUT2D eigenvalue weighted by atomic mass is 9.96. The van der Waals surface area contributed by atoms with Crippen LogP contribution in [0, 0.1) is 0 Å². The number of carboxylic acid groups (broad SMARTS) is 1. The number of Topliss-reactive ketones (excluding diaryl/α,β-unsaturated/α-hetero) is 1. The monoisotopic (exact) mass is 289 g/mol. The number of carboxylic acids is 1. The summed E-state index contributed by atoms with van der Waals surface area (Å²) in [6.45, 7) is 2.58. The minimum atomic E-state index is -1.21. The second-order valence-corrected chi connectivity index (χ2v) is 4.86. The Balaban J connectivity index is 2.59. The molecule has 0 saturated heterocycles. The van der Waals surface area contributed by atoms with E-state index in [0.717, 1.165) is 4.90 Å². The molecule has 1 aliphatic rings. The summed E-state index contributed by atoms with van der Waals surface area (Å²) in [5.74, 6) is -3.19. The van der Waals surface area contributed by atoms with Gasteiger partial charge in [0, 0.05) is 0 Å². The van der Waals surface area contributed by atoms with Crippen LogP contribution in [0.2, 0.25) is 0 Å². The third kappa shape index (κ3) is 2.40. The highest BCUT2D eigenvalue weighted by Gasteiger charge is 2.46. The summed E-state index contributed by atoms with van der Waals surface area (Å²) in [5, 5.41) is 19.1. The van der Waals surface area contributed by atoms with Crippen molar-refractivity contribution in [1.29, 1.82) is 0 Å². The first kappa shape index (κ1) is 14.8. The van der Waals surface area contributed by atoms with Gasteiger partial charge in [0.1, 0.15) is 6.04 Å². The SMILES string of the molecule is CC(=O)C1=C(O)C(=O)N([C@@H](C)C(=O)O)[C@@H]1c1ccccc1. The molecular weight excluding hydrogens is 274 g/mol. The second-order valence-electron chi connectivity index (χ2n) is 4.86. The van der Waals surface area contributed by atoms with Crippen LogP contribution < -0.4 is 0 Å². The predicted octanol–water partition coefficient (Wildman–Crippen LogP) is 1.44. The second kappa shape index (κ2) is 5.40. The van der Waals surface area contributed by atoms with Crippen molar-refractivity contribution in [3.63, 3.8) is 0 Å². The molecule has 0 bridgehead atoms. The van der Waals surface area contributed by atoms with Gasteiger partial charge in [0.2, 0.25) is 0 Å². The van der Waals surface area contributed by atoms with Crippen molar-refractivity contribution in [2.45, 2.75) is 25.9 Å². The number of amides is 1. The van der Waals surface area contributed by atoms with Gasteiger partial charge in [-0.05, 0) is 19.4 Å². The van der Waals surface area contributed by atoms with Crippen molar-refractivity contribution in [2.24, 2.45) is 0 Å². The van der Waals surface area contributed by atoms with Gasteiger partial charge >= 0.3 is 5.97 Å². The highest BCUT2D eigenvalue weighted by Crippen LogP contribution is 2.38. The molecule has 6 heteroatoms. The lowest BCUT2D eigenvalue weighted by Gasteiger charge is -2.29. The molecule has 2 atom stereocenters. The molecule has 2 N–H and O–H groups in total. The quantitative estimate of drug-likeness (QED) is 0.874. The molecule has 1 amide bonds. The number of rotatable bonds is 4. The lowest BCUT2D eigenvalue weighted by Crippen LogP contribution is -2.43. The van der Waals surface area contributed by atoms with Crippen LogP contribution in [-0.4, -0.2) is 38.8 Å². The Morgan fingerprint density at radius 1 is 1.24 bits per heavy atom. The first-order valence-electron chi connectivity index (χ1n) is 6.40. The largest absolute Gasteiger partial charge is 0.503 e. The van der Waals surface area contributed by atoms with Gasteiger partial charge in [-0.15, -0.1) is 0 Å². The molecule has 0 saturated carbocycles. The van der Waals surface area contributed by atoms with Gasteiger partial charge in [-0.1, -0.05) is 30.3 Å². The van der Waals surface area contributed by atoms with E-state index in [1.165, 1.54) is 13.8 Å². The van der Waals surface area contributed by atoms with Crippen LogP contribution in [0.3, 0.4) is 0 Å². The number of aliphatic carboxylic acids is 1. The Morgan fingerprint density at radius 3 is 2.29 bits per heavy atom. The molecule has 2 rings (SSSR count). The Morgan fingerprint density at radius 2 is 1.81 bits per heavy atom. The van der Waals surface area contributed by atoms with Crippen LogP contribution in [0.5, 0.6) is 0 Å². The van der Waals surface area contributed by atoms with Crippen LogP contribution in [0.25, 0.3) is 0 Å². The van der Waals surface area contributed by atoms with E-state index >= 15 is 0 Å². The van der Waals surface area contributed by atoms with E-state index in [-0.39, 0.29) is 5.57 Å². The molecule has 1 heterocycles. The molecule has 0 fully saturated rings. The zero-order valence-corrected chi connectivity index (χ0v) is 11.6. The number of ketones is 1. The number of carbonyl (C=O) groups excluding carboxylic acids is 2. The van der Waals surface area contributed by atoms with Gasteiger partial charge in [-0.3, -0.25) is 9.59 Å². The smallest absolute Gasteiger partial charge is 0.326 e. The highest BCUT2D eigenvalue weighted by atomic mass is 16.4. The fraction of sp³-hybridized carbons (Fsp3) is 0.267. The maximum absolute atomic E-state index is 12.2.